The standard InChI is InChI=1S/C26H24ClFN2O2/c27-22-12-9-20(10-13-22)26(32)30-17-21(11-14-24(30)19-6-2-1-3-7-19)25(31)29-16-18-5-4-8-23(28)15-18/h1-10,12-13,15,21,24H,11,14,16-17H2,(H,29,31)/t21-,24+/m0/s1. The number of hydrogen-bond donors (Lipinski definition) is 1. The molecule has 0 aliphatic carbocycles. The SMILES string of the molecule is O=C(NCc1cccc(F)c1)[C@H]1CC[C@H](c2ccccc2)N(C(=O)c2ccc(Cl)cc2)C1. The fraction of sp³-hybridized carbons (Fsp3) is 0.231. The number of halogens is 2. The number of benzene rings is 3. The molecule has 0 radical (unpaired) electrons. The lowest BCUT2D eigenvalue weighted by Crippen LogP contribution is -2.46. The van der Waals surface area contributed by atoms with Gasteiger partial charge in [-0.25, -0.2) is 4.39 Å². The molecule has 32 heavy (non-hydrogen) atoms. The van der Waals surface area contributed by atoms with Crippen LogP contribution >= 0.6 is 11.6 Å². The first-order chi connectivity index (χ1) is 15.5. The summed E-state index contributed by atoms with van der Waals surface area (Å²) in [5.41, 5.74) is 2.29. The van der Waals surface area contributed by atoms with Gasteiger partial charge in [0.25, 0.3) is 5.91 Å². The van der Waals surface area contributed by atoms with Gasteiger partial charge < -0.3 is 10.2 Å². The summed E-state index contributed by atoms with van der Waals surface area (Å²) in [4.78, 5) is 28.1. The molecule has 0 saturated carbocycles. The van der Waals surface area contributed by atoms with E-state index in [4.69, 9.17) is 11.6 Å². The van der Waals surface area contributed by atoms with Gasteiger partial charge in [-0.3, -0.25) is 9.59 Å². The predicted molar refractivity (Wildman–Crippen MR) is 123 cm³/mol. The number of carbonyl (C=O) groups is 2. The Morgan fingerprint density at radius 3 is 2.44 bits per heavy atom. The van der Waals surface area contributed by atoms with Crippen molar-refractivity contribution in [2.75, 3.05) is 6.54 Å². The van der Waals surface area contributed by atoms with Crippen molar-refractivity contribution in [3.05, 3.63) is 106 Å². The number of carbonyl (C=O) groups excluding carboxylic acids is 2. The third-order valence-corrected chi connectivity index (χ3v) is 6.10. The van der Waals surface area contributed by atoms with Crippen molar-refractivity contribution >= 4 is 23.4 Å². The second-order valence-corrected chi connectivity index (χ2v) is 8.45. The van der Waals surface area contributed by atoms with E-state index in [-0.39, 0.29) is 36.1 Å². The fourth-order valence-electron chi connectivity index (χ4n) is 4.17. The van der Waals surface area contributed by atoms with E-state index in [9.17, 15) is 14.0 Å². The predicted octanol–water partition coefficient (Wildman–Crippen LogP) is 5.39. The number of nitrogens with zero attached hydrogens (tertiary/aromatic N) is 1. The lowest BCUT2D eigenvalue weighted by Gasteiger charge is -2.39. The van der Waals surface area contributed by atoms with Crippen molar-refractivity contribution in [2.45, 2.75) is 25.4 Å². The molecule has 0 bridgehead atoms. The van der Waals surface area contributed by atoms with Crippen LogP contribution in [0.2, 0.25) is 5.02 Å². The zero-order chi connectivity index (χ0) is 22.5. The normalized spacial score (nSPS) is 18.2. The highest BCUT2D eigenvalue weighted by molar-refractivity contribution is 6.30. The molecule has 0 unspecified atom stereocenters. The van der Waals surface area contributed by atoms with Crippen molar-refractivity contribution in [1.29, 1.82) is 0 Å². The molecule has 1 heterocycles. The number of nitrogens with one attached hydrogen (secondary N) is 1. The zero-order valence-electron chi connectivity index (χ0n) is 17.5. The van der Waals surface area contributed by atoms with Crippen LogP contribution in [0.3, 0.4) is 0 Å². The first-order valence-corrected chi connectivity index (χ1v) is 11.0. The first kappa shape index (κ1) is 22.0. The van der Waals surface area contributed by atoms with Crippen LogP contribution < -0.4 is 5.32 Å². The Morgan fingerprint density at radius 1 is 0.969 bits per heavy atom. The highest BCUT2D eigenvalue weighted by Gasteiger charge is 2.35. The Morgan fingerprint density at radius 2 is 1.72 bits per heavy atom. The van der Waals surface area contributed by atoms with E-state index in [1.54, 1.807) is 41.3 Å². The van der Waals surface area contributed by atoms with Crippen LogP contribution in [0.5, 0.6) is 0 Å². The first-order valence-electron chi connectivity index (χ1n) is 10.6. The molecule has 2 amide bonds. The third-order valence-electron chi connectivity index (χ3n) is 5.84. The van der Waals surface area contributed by atoms with E-state index < -0.39 is 0 Å². The average molecular weight is 451 g/mol. The van der Waals surface area contributed by atoms with E-state index in [0.29, 0.717) is 35.5 Å². The van der Waals surface area contributed by atoms with Crippen molar-refractivity contribution in [3.8, 4) is 0 Å². The van der Waals surface area contributed by atoms with Crippen molar-refractivity contribution in [2.24, 2.45) is 5.92 Å². The van der Waals surface area contributed by atoms with Crippen LogP contribution in [0.25, 0.3) is 0 Å². The van der Waals surface area contributed by atoms with E-state index in [1.807, 2.05) is 30.3 Å². The molecular weight excluding hydrogens is 427 g/mol. The number of rotatable bonds is 5. The van der Waals surface area contributed by atoms with Gasteiger partial charge in [-0.1, -0.05) is 54.1 Å². The molecule has 6 heteroatoms. The molecule has 3 aromatic rings. The highest BCUT2D eigenvalue weighted by atomic mass is 35.5. The van der Waals surface area contributed by atoms with Gasteiger partial charge in [0.05, 0.1) is 12.0 Å². The van der Waals surface area contributed by atoms with Crippen molar-refractivity contribution < 1.29 is 14.0 Å². The molecule has 164 valence electrons. The molecule has 1 fully saturated rings. The molecule has 4 nitrogen and oxygen atoms in total. The number of piperidine rings is 1. The van der Waals surface area contributed by atoms with Gasteiger partial charge in [-0.2, -0.15) is 0 Å². The van der Waals surface area contributed by atoms with Gasteiger partial charge >= 0.3 is 0 Å². The van der Waals surface area contributed by atoms with Gasteiger partial charge in [0.2, 0.25) is 5.91 Å². The van der Waals surface area contributed by atoms with E-state index in [1.165, 1.54) is 12.1 Å². The summed E-state index contributed by atoms with van der Waals surface area (Å²) in [6.07, 6.45) is 1.35. The second kappa shape index (κ2) is 9.96. The minimum absolute atomic E-state index is 0.105. The molecule has 0 spiro atoms. The largest absolute Gasteiger partial charge is 0.352 e. The molecular formula is C26H24ClFN2O2. The number of hydrogen-bond acceptors (Lipinski definition) is 2. The average Bonchev–Trinajstić information content (AvgIpc) is 2.83. The van der Waals surface area contributed by atoms with Gasteiger partial charge in [0.1, 0.15) is 5.82 Å². The Bertz CT molecular complexity index is 1090. The molecule has 1 N–H and O–H groups in total. The number of amides is 2. The smallest absolute Gasteiger partial charge is 0.254 e. The van der Waals surface area contributed by atoms with Crippen LogP contribution in [-0.2, 0) is 11.3 Å². The molecule has 1 aliphatic heterocycles. The quantitative estimate of drug-likeness (QED) is 0.566. The molecule has 1 saturated heterocycles. The summed E-state index contributed by atoms with van der Waals surface area (Å²) in [5.74, 6) is -0.924. The summed E-state index contributed by atoms with van der Waals surface area (Å²) in [6, 6.07) is 22.7. The Kier molecular flexibility index (Phi) is 6.86. The van der Waals surface area contributed by atoms with E-state index >= 15 is 0 Å². The summed E-state index contributed by atoms with van der Waals surface area (Å²) >= 11 is 5.99. The third kappa shape index (κ3) is 5.17. The van der Waals surface area contributed by atoms with Gasteiger partial charge in [0.15, 0.2) is 0 Å². The van der Waals surface area contributed by atoms with E-state index in [2.05, 4.69) is 5.32 Å². The van der Waals surface area contributed by atoms with Crippen LogP contribution in [0.1, 0.15) is 40.4 Å². The summed E-state index contributed by atoms with van der Waals surface area (Å²) in [5, 5.41) is 3.46. The molecule has 1 aliphatic rings. The fourth-order valence-corrected chi connectivity index (χ4v) is 4.30. The minimum atomic E-state index is -0.334. The maximum Gasteiger partial charge on any atom is 0.254 e. The molecule has 2 atom stereocenters. The van der Waals surface area contributed by atoms with E-state index in [0.717, 1.165) is 5.56 Å². The Labute approximate surface area is 192 Å². The molecule has 3 aromatic carbocycles. The van der Waals surface area contributed by atoms with Crippen LogP contribution in [0.15, 0.2) is 78.9 Å². The van der Waals surface area contributed by atoms with Crippen LogP contribution in [0.4, 0.5) is 4.39 Å². The maximum absolute atomic E-state index is 13.4. The maximum atomic E-state index is 13.4. The summed E-state index contributed by atoms with van der Waals surface area (Å²) in [7, 11) is 0. The molecule has 0 aromatic heterocycles. The molecule has 4 rings (SSSR count). The lowest BCUT2D eigenvalue weighted by atomic mass is 9.87. The lowest BCUT2D eigenvalue weighted by molar-refractivity contribution is -0.127. The van der Waals surface area contributed by atoms with Crippen molar-refractivity contribution in [3.63, 3.8) is 0 Å². The number of likely N-dealkylation sites (tertiary alicyclic amines) is 1. The highest BCUT2D eigenvalue weighted by Crippen LogP contribution is 2.34. The minimum Gasteiger partial charge on any atom is -0.352 e. The van der Waals surface area contributed by atoms with Gasteiger partial charge in [0, 0.05) is 23.7 Å². The van der Waals surface area contributed by atoms with Crippen molar-refractivity contribution in [1.82, 2.24) is 10.2 Å². The topological polar surface area (TPSA) is 49.4 Å². The Balaban J connectivity index is 1.51. The Hall–Kier alpha value is -3.18. The second-order valence-electron chi connectivity index (χ2n) is 8.01. The van der Waals surface area contributed by atoms with Crippen LogP contribution in [0, 0.1) is 11.7 Å². The summed E-state index contributed by atoms with van der Waals surface area (Å²) in [6.45, 7) is 0.566. The monoisotopic (exact) mass is 450 g/mol. The zero-order valence-corrected chi connectivity index (χ0v) is 18.3. The summed E-state index contributed by atoms with van der Waals surface area (Å²) < 4.78 is 13.4. The van der Waals surface area contributed by atoms with Gasteiger partial charge in [-0.05, 0) is 60.4 Å². The van der Waals surface area contributed by atoms with Crippen LogP contribution in [-0.4, -0.2) is 23.3 Å². The van der Waals surface area contributed by atoms with Gasteiger partial charge in [-0.15, -0.1) is 0 Å².